The second-order valence-electron chi connectivity index (χ2n) is 4.15. The number of carbonyl (C=O) groups excluding carboxylic acids is 1. The zero-order valence-corrected chi connectivity index (χ0v) is 10.6. The molecule has 0 radical (unpaired) electrons. The molecule has 1 unspecified atom stereocenters. The maximum atomic E-state index is 12.3. The number of rotatable bonds is 3. The third-order valence-corrected chi connectivity index (χ3v) is 2.64. The maximum absolute atomic E-state index is 12.3. The Kier molecular flexibility index (Phi) is 4.62. The van der Waals surface area contributed by atoms with E-state index in [1.165, 1.54) is 12.1 Å². The lowest BCUT2D eigenvalue weighted by Crippen LogP contribution is -2.32. The minimum absolute atomic E-state index is 0.0757. The maximum Gasteiger partial charge on any atom is 0.416 e. The molecule has 0 saturated carbocycles. The lowest BCUT2D eigenvalue weighted by molar-refractivity contribution is -0.137. The Hall–Kier alpha value is -1.23. The van der Waals surface area contributed by atoms with Gasteiger partial charge in [0.2, 0.25) is 5.91 Å². The number of hydrogen-bond acceptors (Lipinski definition) is 1. The van der Waals surface area contributed by atoms with Crippen molar-refractivity contribution in [1.29, 1.82) is 0 Å². The van der Waals surface area contributed by atoms with Gasteiger partial charge >= 0.3 is 6.18 Å². The van der Waals surface area contributed by atoms with E-state index in [1.54, 1.807) is 13.8 Å². The summed E-state index contributed by atoms with van der Waals surface area (Å²) in [4.78, 5) is 11.6. The van der Waals surface area contributed by atoms with Crippen LogP contribution in [0.5, 0.6) is 0 Å². The summed E-state index contributed by atoms with van der Waals surface area (Å²) >= 11 is 5.87. The van der Waals surface area contributed by atoms with Crippen molar-refractivity contribution in [2.75, 3.05) is 0 Å². The van der Waals surface area contributed by atoms with Crippen LogP contribution in [0.25, 0.3) is 0 Å². The van der Waals surface area contributed by atoms with Gasteiger partial charge in [-0.2, -0.15) is 13.2 Å². The molecule has 0 saturated heterocycles. The Balaban J connectivity index is 2.82. The summed E-state index contributed by atoms with van der Waals surface area (Å²) in [5.74, 6) is -0.425. The van der Waals surface area contributed by atoms with E-state index >= 15 is 0 Å². The summed E-state index contributed by atoms with van der Waals surface area (Å²) in [7, 11) is 0. The van der Waals surface area contributed by atoms with Gasteiger partial charge in [-0.25, -0.2) is 0 Å². The third-order valence-electron chi connectivity index (χ3n) is 2.19. The summed E-state index contributed by atoms with van der Waals surface area (Å²) in [5.41, 5.74) is -0.429. The van der Waals surface area contributed by atoms with Gasteiger partial charge < -0.3 is 5.32 Å². The van der Waals surface area contributed by atoms with E-state index < -0.39 is 23.0 Å². The van der Waals surface area contributed by atoms with Gasteiger partial charge in [0.25, 0.3) is 0 Å². The van der Waals surface area contributed by atoms with Crippen molar-refractivity contribution in [2.24, 2.45) is 0 Å². The predicted octanol–water partition coefficient (Wildman–Crippen LogP) is 3.51. The van der Waals surface area contributed by atoms with Crippen LogP contribution in [0.2, 0.25) is 0 Å². The molecule has 0 heterocycles. The van der Waals surface area contributed by atoms with Crippen molar-refractivity contribution in [2.45, 2.75) is 31.4 Å². The Bertz CT molecular complexity index is 414. The molecule has 1 rings (SSSR count). The number of carbonyl (C=O) groups is 1. The summed E-state index contributed by atoms with van der Waals surface area (Å²) in [6.07, 6.45) is -4.39. The zero-order chi connectivity index (χ0) is 13.9. The normalized spacial score (nSPS) is 13.5. The minimum Gasteiger partial charge on any atom is -0.352 e. The summed E-state index contributed by atoms with van der Waals surface area (Å²) < 4.78 is 37.0. The van der Waals surface area contributed by atoms with E-state index in [0.29, 0.717) is 5.56 Å². The molecule has 6 heteroatoms. The van der Waals surface area contributed by atoms with Crippen LogP contribution >= 0.6 is 11.6 Å². The molecule has 0 spiro atoms. The van der Waals surface area contributed by atoms with E-state index in [0.717, 1.165) is 12.1 Å². The lowest BCUT2D eigenvalue weighted by Gasteiger charge is -2.14. The van der Waals surface area contributed by atoms with E-state index in [9.17, 15) is 18.0 Å². The second kappa shape index (κ2) is 5.61. The fourth-order valence-electron chi connectivity index (χ4n) is 1.35. The number of amides is 1. The van der Waals surface area contributed by atoms with Crippen LogP contribution in [0.4, 0.5) is 13.2 Å². The molecular formula is C12H13ClF3NO. The number of nitrogens with one attached hydrogen (secondary N) is 1. The zero-order valence-electron chi connectivity index (χ0n) is 9.88. The average molecular weight is 280 g/mol. The first-order valence-electron chi connectivity index (χ1n) is 5.33. The van der Waals surface area contributed by atoms with Gasteiger partial charge in [0, 0.05) is 6.04 Å². The Morgan fingerprint density at radius 2 is 1.72 bits per heavy atom. The molecule has 0 bridgehead atoms. The molecule has 1 amide bonds. The van der Waals surface area contributed by atoms with Crippen molar-refractivity contribution in [3.8, 4) is 0 Å². The standard InChI is InChI=1S/C12H13ClF3NO/c1-7(2)17-11(18)10(13)8-3-5-9(6-4-8)12(14,15)16/h3-7,10H,1-2H3,(H,17,18). The number of alkyl halides is 4. The van der Waals surface area contributed by atoms with Crippen LogP contribution in [-0.2, 0) is 11.0 Å². The highest BCUT2D eigenvalue weighted by Crippen LogP contribution is 2.30. The van der Waals surface area contributed by atoms with Crippen LogP contribution in [0.1, 0.15) is 30.4 Å². The largest absolute Gasteiger partial charge is 0.416 e. The van der Waals surface area contributed by atoms with E-state index in [2.05, 4.69) is 5.32 Å². The van der Waals surface area contributed by atoms with Gasteiger partial charge in [-0.05, 0) is 31.5 Å². The van der Waals surface area contributed by atoms with Crippen molar-refractivity contribution in [3.05, 3.63) is 35.4 Å². The smallest absolute Gasteiger partial charge is 0.352 e. The highest BCUT2D eigenvalue weighted by atomic mass is 35.5. The van der Waals surface area contributed by atoms with E-state index in [-0.39, 0.29) is 6.04 Å². The lowest BCUT2D eigenvalue weighted by atomic mass is 10.1. The van der Waals surface area contributed by atoms with Crippen LogP contribution in [0.15, 0.2) is 24.3 Å². The molecule has 0 aliphatic heterocycles. The monoisotopic (exact) mass is 279 g/mol. The van der Waals surface area contributed by atoms with Gasteiger partial charge in [-0.15, -0.1) is 11.6 Å². The molecule has 1 N–H and O–H groups in total. The van der Waals surface area contributed by atoms with Crippen molar-refractivity contribution in [3.63, 3.8) is 0 Å². The molecular weight excluding hydrogens is 267 g/mol. The average Bonchev–Trinajstić information content (AvgIpc) is 2.26. The Morgan fingerprint density at radius 1 is 1.22 bits per heavy atom. The van der Waals surface area contributed by atoms with E-state index in [1.807, 2.05) is 0 Å². The molecule has 1 aromatic carbocycles. The van der Waals surface area contributed by atoms with Gasteiger partial charge in [0.1, 0.15) is 5.38 Å². The van der Waals surface area contributed by atoms with Crippen LogP contribution in [-0.4, -0.2) is 11.9 Å². The van der Waals surface area contributed by atoms with Crippen molar-refractivity contribution >= 4 is 17.5 Å². The number of hydrogen-bond donors (Lipinski definition) is 1. The molecule has 100 valence electrons. The number of benzene rings is 1. The summed E-state index contributed by atoms with van der Waals surface area (Å²) in [6, 6.07) is 4.16. The molecule has 0 aliphatic rings. The third kappa shape index (κ3) is 3.91. The van der Waals surface area contributed by atoms with E-state index in [4.69, 9.17) is 11.6 Å². The van der Waals surface area contributed by atoms with Crippen molar-refractivity contribution in [1.82, 2.24) is 5.32 Å². The fraction of sp³-hybridized carbons (Fsp3) is 0.417. The van der Waals surface area contributed by atoms with Crippen molar-refractivity contribution < 1.29 is 18.0 Å². The molecule has 0 fully saturated rings. The Morgan fingerprint density at radius 3 is 2.11 bits per heavy atom. The molecule has 18 heavy (non-hydrogen) atoms. The van der Waals surface area contributed by atoms with Crippen LogP contribution < -0.4 is 5.32 Å². The fourth-order valence-corrected chi connectivity index (χ4v) is 1.56. The van der Waals surface area contributed by atoms with Gasteiger partial charge in [0.05, 0.1) is 5.56 Å². The first-order valence-corrected chi connectivity index (χ1v) is 5.77. The highest BCUT2D eigenvalue weighted by Gasteiger charge is 2.30. The minimum atomic E-state index is -4.39. The number of halogens is 4. The topological polar surface area (TPSA) is 29.1 Å². The molecule has 0 aliphatic carbocycles. The quantitative estimate of drug-likeness (QED) is 0.843. The van der Waals surface area contributed by atoms with Crippen LogP contribution in [0.3, 0.4) is 0 Å². The van der Waals surface area contributed by atoms with Gasteiger partial charge in [-0.3, -0.25) is 4.79 Å². The van der Waals surface area contributed by atoms with Crippen LogP contribution in [0, 0.1) is 0 Å². The predicted molar refractivity (Wildman–Crippen MR) is 63.3 cm³/mol. The highest BCUT2D eigenvalue weighted by molar-refractivity contribution is 6.30. The molecule has 0 aromatic heterocycles. The molecule has 2 nitrogen and oxygen atoms in total. The first-order chi connectivity index (χ1) is 8.21. The molecule has 1 atom stereocenters. The first kappa shape index (κ1) is 14.8. The Labute approximate surface area is 108 Å². The van der Waals surface area contributed by atoms with Gasteiger partial charge in [-0.1, -0.05) is 12.1 Å². The van der Waals surface area contributed by atoms with Gasteiger partial charge in [0.15, 0.2) is 0 Å². The SMILES string of the molecule is CC(C)NC(=O)C(Cl)c1ccc(C(F)(F)F)cc1. The molecule has 1 aromatic rings. The summed E-state index contributed by atoms with van der Waals surface area (Å²) in [5, 5.41) is 1.60. The second-order valence-corrected chi connectivity index (χ2v) is 4.58. The summed E-state index contributed by atoms with van der Waals surface area (Å²) in [6.45, 7) is 3.54.